The molecule has 0 bridgehead atoms. The molecule has 0 unspecified atom stereocenters. The molecule has 0 saturated heterocycles. The van der Waals surface area contributed by atoms with Crippen LogP contribution in [0.5, 0.6) is 0 Å². The molecule has 0 aromatic carbocycles. The second kappa shape index (κ2) is 16.0. The van der Waals surface area contributed by atoms with Gasteiger partial charge in [0.25, 0.3) is 0 Å². The Kier molecular flexibility index (Phi) is 41.6. The van der Waals surface area contributed by atoms with Gasteiger partial charge in [0.1, 0.15) is 0 Å². The van der Waals surface area contributed by atoms with Crippen LogP contribution in [0.4, 0.5) is 0 Å². The monoisotopic (exact) mass is 305 g/mol. The molecule has 0 fully saturated rings. The van der Waals surface area contributed by atoms with Crippen LogP contribution >= 0.6 is 0 Å². The van der Waals surface area contributed by atoms with Crippen LogP contribution in [0.1, 0.15) is 19.8 Å². The van der Waals surface area contributed by atoms with Crippen LogP contribution in [0, 0.1) is 6.92 Å². The van der Waals surface area contributed by atoms with Crippen LogP contribution in [-0.2, 0) is 0 Å². The van der Waals surface area contributed by atoms with Gasteiger partial charge in [-0.25, -0.2) is 0 Å². The molecule has 0 aliphatic carbocycles. The molecule has 41 valence electrons. The normalized spacial score (nSPS) is 5.00. The molecule has 0 atom stereocenters. The summed E-state index contributed by atoms with van der Waals surface area (Å²) >= 11 is 0. The van der Waals surface area contributed by atoms with Crippen LogP contribution in [0.15, 0.2) is 0 Å². The molecule has 0 aliphatic rings. The molecular weight excluding hydrogens is 285 g/mol. The van der Waals surface area contributed by atoms with Crippen LogP contribution < -0.4 is 0 Å². The third-order valence-corrected chi connectivity index (χ3v) is 0.354. The van der Waals surface area contributed by atoms with Gasteiger partial charge in [0, 0.05) is 0 Å². The Labute approximate surface area is 74.0 Å². The SMILES string of the molecule is [CH2]CCC.[SnH4].[SnH4]. The van der Waals surface area contributed by atoms with Gasteiger partial charge in [-0.05, 0) is 0 Å². The van der Waals surface area contributed by atoms with Gasteiger partial charge in [-0.3, -0.25) is 0 Å². The van der Waals surface area contributed by atoms with Gasteiger partial charge >= 0.3 is 47.8 Å². The fourth-order valence-corrected chi connectivity index (χ4v) is 0. The molecule has 0 nitrogen and oxygen atoms in total. The molecule has 0 aliphatic heterocycles. The van der Waals surface area contributed by atoms with Gasteiger partial charge < -0.3 is 0 Å². The van der Waals surface area contributed by atoms with Crippen LogP contribution in [0.2, 0.25) is 0 Å². The van der Waals surface area contributed by atoms with E-state index in [0.29, 0.717) is 0 Å². The van der Waals surface area contributed by atoms with Crippen molar-refractivity contribution in [2.45, 2.75) is 19.8 Å². The van der Waals surface area contributed by atoms with Crippen molar-refractivity contribution in [2.75, 3.05) is 0 Å². The number of hydrogen-bond acceptors (Lipinski definition) is 0. The first-order valence-electron chi connectivity index (χ1n) is 1.71. The van der Waals surface area contributed by atoms with E-state index in [2.05, 4.69) is 13.8 Å². The number of hydrogen-bond donors (Lipinski definition) is 0. The molecule has 0 rings (SSSR count). The summed E-state index contributed by atoms with van der Waals surface area (Å²) in [5.41, 5.74) is 0. The predicted molar refractivity (Wildman–Crippen MR) is 42.9 cm³/mol. The standard InChI is InChI=1S/C4H9.2Sn.8H/c1-3-4-2;;;;;;;;;;/h1,3-4H2,2H3;;;;;;;;;;. The third kappa shape index (κ3) is 17.5. The van der Waals surface area contributed by atoms with Crippen LogP contribution in [0.25, 0.3) is 0 Å². The molecule has 1 radical (unpaired) electrons. The summed E-state index contributed by atoms with van der Waals surface area (Å²) in [6, 6.07) is 0. The molecule has 0 aromatic heterocycles. The molecule has 0 spiro atoms. The number of rotatable bonds is 1. The minimum absolute atomic E-state index is 0. The summed E-state index contributed by atoms with van der Waals surface area (Å²) in [5.74, 6) is 0. The van der Waals surface area contributed by atoms with E-state index in [9.17, 15) is 0 Å². The maximum atomic E-state index is 3.60. The Hall–Kier alpha value is 1.60. The van der Waals surface area contributed by atoms with Gasteiger partial charge in [-0.15, -0.1) is 0 Å². The zero-order chi connectivity index (χ0) is 3.41. The molecular formula is C4H17Sn2. The molecule has 0 N–H and O–H groups in total. The second-order valence-electron chi connectivity index (χ2n) is 0.854. The minimum atomic E-state index is 0. The van der Waals surface area contributed by atoms with Crippen molar-refractivity contribution >= 4 is 47.8 Å². The first-order valence-corrected chi connectivity index (χ1v) is 1.71. The Balaban J connectivity index is -0.0000000450. The molecule has 0 heterocycles. The van der Waals surface area contributed by atoms with E-state index in [4.69, 9.17) is 0 Å². The molecule has 0 saturated carbocycles. The van der Waals surface area contributed by atoms with Crippen molar-refractivity contribution in [1.29, 1.82) is 0 Å². The van der Waals surface area contributed by atoms with Crippen molar-refractivity contribution in [3.63, 3.8) is 0 Å². The fourth-order valence-electron chi connectivity index (χ4n) is 0. The van der Waals surface area contributed by atoms with Gasteiger partial charge in [0.05, 0.1) is 0 Å². The first-order chi connectivity index (χ1) is 1.91. The van der Waals surface area contributed by atoms with E-state index in [1.54, 1.807) is 0 Å². The predicted octanol–water partition coefficient (Wildman–Crippen LogP) is -1.28. The molecule has 6 heavy (non-hydrogen) atoms. The van der Waals surface area contributed by atoms with Crippen molar-refractivity contribution < 1.29 is 0 Å². The van der Waals surface area contributed by atoms with E-state index < -0.39 is 0 Å². The van der Waals surface area contributed by atoms with Crippen molar-refractivity contribution in [3.05, 3.63) is 6.92 Å². The topological polar surface area (TPSA) is 0 Å². The maximum absolute atomic E-state index is 3.60. The third-order valence-electron chi connectivity index (χ3n) is 0.354. The average molecular weight is 303 g/mol. The summed E-state index contributed by atoms with van der Waals surface area (Å²) in [5, 5.41) is 0. The van der Waals surface area contributed by atoms with Gasteiger partial charge in [0.15, 0.2) is 0 Å². The summed E-state index contributed by atoms with van der Waals surface area (Å²) in [7, 11) is 0. The molecule has 2 heteroatoms. The van der Waals surface area contributed by atoms with Crippen molar-refractivity contribution in [1.82, 2.24) is 0 Å². The summed E-state index contributed by atoms with van der Waals surface area (Å²) in [6.07, 6.45) is 2.28. The van der Waals surface area contributed by atoms with Crippen molar-refractivity contribution in [2.24, 2.45) is 0 Å². The quantitative estimate of drug-likeness (QED) is 0.529. The summed E-state index contributed by atoms with van der Waals surface area (Å²) in [6.45, 7) is 5.72. The van der Waals surface area contributed by atoms with E-state index in [-0.39, 0.29) is 47.8 Å². The van der Waals surface area contributed by atoms with E-state index in [1.807, 2.05) is 0 Å². The number of unbranched alkanes of at least 4 members (excludes halogenated alkanes) is 1. The zero-order valence-corrected chi connectivity index (χ0v) is 3.12. The first kappa shape index (κ1) is 15.6. The summed E-state index contributed by atoms with van der Waals surface area (Å²) < 4.78 is 0. The Morgan fingerprint density at radius 2 is 1.50 bits per heavy atom. The second-order valence-corrected chi connectivity index (χ2v) is 0.854. The Morgan fingerprint density at radius 1 is 1.33 bits per heavy atom. The average Bonchev–Trinajstić information content (AvgIpc) is 1.37. The van der Waals surface area contributed by atoms with E-state index in [0.717, 1.165) is 6.42 Å². The van der Waals surface area contributed by atoms with Gasteiger partial charge in [-0.2, -0.15) is 0 Å². The zero-order valence-electron chi connectivity index (χ0n) is 3.12. The van der Waals surface area contributed by atoms with Crippen LogP contribution in [0.3, 0.4) is 0 Å². The van der Waals surface area contributed by atoms with Crippen LogP contribution in [-0.4, -0.2) is 47.8 Å². The van der Waals surface area contributed by atoms with E-state index in [1.165, 1.54) is 6.42 Å². The van der Waals surface area contributed by atoms with E-state index >= 15 is 0 Å². The van der Waals surface area contributed by atoms with Crippen molar-refractivity contribution in [3.8, 4) is 0 Å². The molecule has 0 amide bonds. The summed E-state index contributed by atoms with van der Waals surface area (Å²) in [4.78, 5) is 0. The fraction of sp³-hybridized carbons (Fsp3) is 0.750. The van der Waals surface area contributed by atoms with Gasteiger partial charge in [0.2, 0.25) is 0 Å². The molecule has 0 aromatic rings. The Morgan fingerprint density at radius 3 is 1.50 bits per heavy atom. The Bertz CT molecular complexity index is 7.51. The van der Waals surface area contributed by atoms with Gasteiger partial charge in [-0.1, -0.05) is 26.7 Å².